The fraction of sp³-hybridized carbons (Fsp3) is 0.222. The van der Waals surface area contributed by atoms with Gasteiger partial charge >= 0.3 is 5.97 Å². The van der Waals surface area contributed by atoms with Gasteiger partial charge < -0.3 is 19.7 Å². The van der Waals surface area contributed by atoms with E-state index in [-0.39, 0.29) is 11.3 Å². The van der Waals surface area contributed by atoms with E-state index in [9.17, 15) is 19.7 Å². The van der Waals surface area contributed by atoms with Crippen LogP contribution < -0.4 is 15.0 Å². The Balaban J connectivity index is 2.04. The Morgan fingerprint density at radius 1 is 1.19 bits per heavy atom. The van der Waals surface area contributed by atoms with E-state index in [2.05, 4.69) is 5.32 Å². The van der Waals surface area contributed by atoms with Gasteiger partial charge in [0, 0.05) is 20.2 Å². The van der Waals surface area contributed by atoms with E-state index in [4.69, 9.17) is 9.47 Å². The predicted octanol–water partition coefficient (Wildman–Crippen LogP) is 2.46. The smallest absolute Gasteiger partial charge is 0.338 e. The molecule has 0 aliphatic heterocycles. The third kappa shape index (κ3) is 4.94. The van der Waals surface area contributed by atoms with Crippen molar-refractivity contribution >= 4 is 28.9 Å². The SMILES string of the molecule is COc1ccccc1NC(=O)COC(=O)c1ccc(N(C)C)c([N+](=O)[O-])c1. The molecule has 0 aliphatic carbocycles. The van der Waals surface area contributed by atoms with Crippen molar-refractivity contribution in [2.24, 2.45) is 0 Å². The first-order chi connectivity index (χ1) is 12.8. The molecule has 2 aromatic carbocycles. The summed E-state index contributed by atoms with van der Waals surface area (Å²) in [5.41, 5.74) is 0.544. The number of carbonyl (C=O) groups is 2. The van der Waals surface area contributed by atoms with E-state index in [0.717, 1.165) is 6.07 Å². The van der Waals surface area contributed by atoms with Crippen molar-refractivity contribution in [2.75, 3.05) is 38.0 Å². The number of carbonyl (C=O) groups excluding carboxylic acids is 2. The molecule has 1 N–H and O–H groups in total. The number of hydrogen-bond acceptors (Lipinski definition) is 7. The Hall–Kier alpha value is -3.62. The van der Waals surface area contributed by atoms with Crippen molar-refractivity contribution in [3.63, 3.8) is 0 Å². The second kappa shape index (κ2) is 8.65. The van der Waals surface area contributed by atoms with Crippen molar-refractivity contribution < 1.29 is 24.0 Å². The lowest BCUT2D eigenvalue weighted by Crippen LogP contribution is -2.21. The normalized spacial score (nSPS) is 10.0. The van der Waals surface area contributed by atoms with Crippen LogP contribution in [0.2, 0.25) is 0 Å². The molecule has 0 saturated heterocycles. The molecule has 0 spiro atoms. The number of nitrogens with zero attached hydrogens (tertiary/aromatic N) is 2. The molecule has 0 aromatic heterocycles. The molecule has 1 amide bonds. The van der Waals surface area contributed by atoms with Gasteiger partial charge in [0.2, 0.25) is 0 Å². The number of ether oxygens (including phenoxy) is 2. The summed E-state index contributed by atoms with van der Waals surface area (Å²) in [5.74, 6) is -0.932. The van der Waals surface area contributed by atoms with Crippen LogP contribution in [0.3, 0.4) is 0 Å². The van der Waals surface area contributed by atoms with Gasteiger partial charge in [0.1, 0.15) is 11.4 Å². The number of methoxy groups -OCH3 is 1. The minimum Gasteiger partial charge on any atom is -0.495 e. The van der Waals surface area contributed by atoms with Crippen LogP contribution >= 0.6 is 0 Å². The molecule has 0 unspecified atom stereocenters. The maximum absolute atomic E-state index is 12.1. The van der Waals surface area contributed by atoms with E-state index < -0.39 is 23.4 Å². The van der Waals surface area contributed by atoms with Crippen LogP contribution in [0.1, 0.15) is 10.4 Å². The Bertz CT molecular complexity index is 866. The Morgan fingerprint density at radius 3 is 2.52 bits per heavy atom. The van der Waals surface area contributed by atoms with Crippen molar-refractivity contribution in [2.45, 2.75) is 0 Å². The number of esters is 1. The highest BCUT2D eigenvalue weighted by Crippen LogP contribution is 2.28. The number of nitrogens with one attached hydrogen (secondary N) is 1. The molecule has 142 valence electrons. The summed E-state index contributed by atoms with van der Waals surface area (Å²) in [6.45, 7) is -0.542. The fourth-order valence-corrected chi connectivity index (χ4v) is 2.32. The van der Waals surface area contributed by atoms with Crippen molar-refractivity contribution in [3.8, 4) is 5.75 Å². The molecule has 0 saturated carbocycles. The second-order valence-corrected chi connectivity index (χ2v) is 5.68. The van der Waals surface area contributed by atoms with Gasteiger partial charge in [0.15, 0.2) is 6.61 Å². The number of rotatable bonds is 7. The van der Waals surface area contributed by atoms with Crippen LogP contribution in [0.4, 0.5) is 17.1 Å². The summed E-state index contributed by atoms with van der Waals surface area (Å²) in [6, 6.07) is 10.8. The number of nitro groups is 1. The van der Waals surface area contributed by atoms with Gasteiger partial charge in [-0.05, 0) is 24.3 Å². The molecular weight excluding hydrogens is 354 g/mol. The van der Waals surface area contributed by atoms with E-state index >= 15 is 0 Å². The lowest BCUT2D eigenvalue weighted by atomic mass is 10.1. The molecule has 9 heteroatoms. The van der Waals surface area contributed by atoms with Crippen LogP contribution in [-0.4, -0.2) is 44.6 Å². The molecule has 9 nitrogen and oxygen atoms in total. The fourth-order valence-electron chi connectivity index (χ4n) is 2.32. The Labute approximate surface area is 155 Å². The van der Waals surface area contributed by atoms with Crippen LogP contribution in [0, 0.1) is 10.1 Å². The van der Waals surface area contributed by atoms with Gasteiger partial charge in [0.05, 0.1) is 23.3 Å². The van der Waals surface area contributed by atoms with Crippen LogP contribution in [-0.2, 0) is 9.53 Å². The highest BCUT2D eigenvalue weighted by molar-refractivity contribution is 5.96. The third-order valence-electron chi connectivity index (χ3n) is 3.61. The molecular formula is C18H19N3O6. The number of hydrogen-bond donors (Lipinski definition) is 1. The van der Waals surface area contributed by atoms with Crippen molar-refractivity contribution in [1.82, 2.24) is 0 Å². The zero-order valence-corrected chi connectivity index (χ0v) is 15.1. The average molecular weight is 373 g/mol. The summed E-state index contributed by atoms with van der Waals surface area (Å²) in [4.78, 5) is 36.3. The number of amides is 1. The zero-order chi connectivity index (χ0) is 20.0. The number of para-hydroxylation sites is 2. The lowest BCUT2D eigenvalue weighted by molar-refractivity contribution is -0.384. The number of benzene rings is 2. The zero-order valence-electron chi connectivity index (χ0n) is 15.1. The van der Waals surface area contributed by atoms with Crippen molar-refractivity contribution in [1.29, 1.82) is 0 Å². The Morgan fingerprint density at radius 2 is 1.89 bits per heavy atom. The Kier molecular flexibility index (Phi) is 6.32. The highest BCUT2D eigenvalue weighted by atomic mass is 16.6. The standard InChI is InChI=1S/C18H19N3O6/c1-20(2)14-9-8-12(10-15(14)21(24)25)18(23)27-11-17(22)19-13-6-4-5-7-16(13)26-3/h4-10H,11H2,1-3H3,(H,19,22). The number of nitro benzene ring substituents is 1. The van der Waals surface area contributed by atoms with E-state index in [1.165, 1.54) is 19.2 Å². The molecule has 0 fully saturated rings. The molecule has 2 aromatic rings. The lowest BCUT2D eigenvalue weighted by Gasteiger charge is -2.13. The largest absolute Gasteiger partial charge is 0.495 e. The van der Waals surface area contributed by atoms with E-state index in [0.29, 0.717) is 17.1 Å². The highest BCUT2D eigenvalue weighted by Gasteiger charge is 2.20. The summed E-state index contributed by atoms with van der Waals surface area (Å²) < 4.78 is 10.1. The number of anilines is 2. The molecule has 0 bridgehead atoms. The van der Waals surface area contributed by atoms with Gasteiger partial charge in [-0.15, -0.1) is 0 Å². The van der Waals surface area contributed by atoms with Gasteiger partial charge in [-0.2, -0.15) is 0 Å². The van der Waals surface area contributed by atoms with E-state index in [1.54, 1.807) is 43.3 Å². The molecule has 0 radical (unpaired) electrons. The van der Waals surface area contributed by atoms with Crippen LogP contribution in [0.5, 0.6) is 5.75 Å². The molecule has 0 atom stereocenters. The van der Waals surface area contributed by atoms with Gasteiger partial charge in [-0.3, -0.25) is 14.9 Å². The van der Waals surface area contributed by atoms with Crippen LogP contribution in [0.25, 0.3) is 0 Å². The molecule has 0 heterocycles. The van der Waals surface area contributed by atoms with Gasteiger partial charge in [0.25, 0.3) is 11.6 Å². The maximum atomic E-state index is 12.1. The monoisotopic (exact) mass is 373 g/mol. The molecule has 2 rings (SSSR count). The summed E-state index contributed by atoms with van der Waals surface area (Å²) in [6.07, 6.45) is 0. The third-order valence-corrected chi connectivity index (χ3v) is 3.61. The second-order valence-electron chi connectivity index (χ2n) is 5.68. The average Bonchev–Trinajstić information content (AvgIpc) is 2.65. The van der Waals surface area contributed by atoms with E-state index in [1.807, 2.05) is 0 Å². The quantitative estimate of drug-likeness (QED) is 0.451. The minimum absolute atomic E-state index is 0.0163. The minimum atomic E-state index is -0.835. The predicted molar refractivity (Wildman–Crippen MR) is 99.3 cm³/mol. The summed E-state index contributed by atoms with van der Waals surface area (Å²) in [5, 5.41) is 13.7. The first-order valence-corrected chi connectivity index (χ1v) is 7.89. The van der Waals surface area contributed by atoms with Gasteiger partial charge in [-0.25, -0.2) is 4.79 Å². The van der Waals surface area contributed by atoms with Crippen LogP contribution in [0.15, 0.2) is 42.5 Å². The summed E-state index contributed by atoms with van der Waals surface area (Å²) in [7, 11) is 4.78. The topological polar surface area (TPSA) is 111 Å². The van der Waals surface area contributed by atoms with Gasteiger partial charge in [-0.1, -0.05) is 12.1 Å². The van der Waals surface area contributed by atoms with Crippen molar-refractivity contribution in [3.05, 3.63) is 58.1 Å². The molecule has 0 aliphatic rings. The maximum Gasteiger partial charge on any atom is 0.338 e. The summed E-state index contributed by atoms with van der Waals surface area (Å²) >= 11 is 0. The first kappa shape index (κ1) is 19.7. The first-order valence-electron chi connectivity index (χ1n) is 7.89. The molecule has 27 heavy (non-hydrogen) atoms.